The predicted octanol–water partition coefficient (Wildman–Crippen LogP) is 3.28. The summed E-state index contributed by atoms with van der Waals surface area (Å²) in [6.07, 6.45) is 1.41. The number of rotatable bonds is 4. The van der Waals surface area contributed by atoms with Gasteiger partial charge in [-0.2, -0.15) is 0 Å². The molecule has 98 valence electrons. The third kappa shape index (κ3) is 2.51. The summed E-state index contributed by atoms with van der Waals surface area (Å²) < 4.78 is 13.9. The Hall–Kier alpha value is -1.09. The second-order valence-electron chi connectivity index (χ2n) is 5.31. The maximum Gasteiger partial charge on any atom is 0.230 e. The van der Waals surface area contributed by atoms with E-state index in [1.54, 1.807) is 12.1 Å². The van der Waals surface area contributed by atoms with E-state index in [2.05, 4.69) is 5.32 Å². The van der Waals surface area contributed by atoms with Gasteiger partial charge in [-0.15, -0.1) is 0 Å². The minimum Gasteiger partial charge on any atom is -0.355 e. The normalized spacial score (nSPS) is 16.7. The van der Waals surface area contributed by atoms with Crippen LogP contribution < -0.4 is 5.32 Å². The number of carbonyl (C=O) groups excluding carboxylic acids is 1. The van der Waals surface area contributed by atoms with Crippen LogP contribution in [0.25, 0.3) is 0 Å². The topological polar surface area (TPSA) is 29.1 Å². The van der Waals surface area contributed by atoms with Gasteiger partial charge >= 0.3 is 0 Å². The van der Waals surface area contributed by atoms with E-state index in [1.807, 2.05) is 13.8 Å². The molecule has 0 spiro atoms. The van der Waals surface area contributed by atoms with Gasteiger partial charge in [0.2, 0.25) is 5.91 Å². The lowest BCUT2D eigenvalue weighted by atomic mass is 9.94. The fraction of sp³-hybridized carbons (Fsp3) is 0.500. The fourth-order valence-electron chi connectivity index (χ4n) is 2.09. The SMILES string of the molecule is CC(C)CNC(=O)C1(c2ccc(Cl)cc2F)CC1. The minimum atomic E-state index is -0.663. The maximum absolute atomic E-state index is 13.9. The van der Waals surface area contributed by atoms with Gasteiger partial charge in [0.1, 0.15) is 5.82 Å². The van der Waals surface area contributed by atoms with Gasteiger partial charge < -0.3 is 5.32 Å². The van der Waals surface area contributed by atoms with Gasteiger partial charge in [0.25, 0.3) is 0 Å². The van der Waals surface area contributed by atoms with Crippen molar-refractivity contribution >= 4 is 17.5 Å². The summed E-state index contributed by atoms with van der Waals surface area (Å²) >= 11 is 5.73. The molecule has 2 nitrogen and oxygen atoms in total. The lowest BCUT2D eigenvalue weighted by Crippen LogP contribution is -2.37. The molecule has 2 rings (SSSR count). The Labute approximate surface area is 112 Å². The summed E-state index contributed by atoms with van der Waals surface area (Å²) in [7, 11) is 0. The van der Waals surface area contributed by atoms with Crippen molar-refractivity contribution in [3.05, 3.63) is 34.6 Å². The van der Waals surface area contributed by atoms with Crippen molar-refractivity contribution in [2.45, 2.75) is 32.1 Å². The van der Waals surface area contributed by atoms with E-state index in [-0.39, 0.29) is 11.7 Å². The number of nitrogens with one attached hydrogen (secondary N) is 1. The molecule has 1 fully saturated rings. The Morgan fingerprint density at radius 1 is 1.50 bits per heavy atom. The van der Waals surface area contributed by atoms with Crippen LogP contribution in [0.1, 0.15) is 32.3 Å². The van der Waals surface area contributed by atoms with Gasteiger partial charge in [0, 0.05) is 17.1 Å². The van der Waals surface area contributed by atoms with Crippen molar-refractivity contribution < 1.29 is 9.18 Å². The Morgan fingerprint density at radius 2 is 2.17 bits per heavy atom. The molecule has 1 saturated carbocycles. The number of carbonyl (C=O) groups is 1. The van der Waals surface area contributed by atoms with E-state index in [4.69, 9.17) is 11.6 Å². The van der Waals surface area contributed by atoms with Gasteiger partial charge in [-0.25, -0.2) is 4.39 Å². The first kappa shape index (κ1) is 13.3. The zero-order valence-electron chi connectivity index (χ0n) is 10.6. The maximum atomic E-state index is 13.9. The monoisotopic (exact) mass is 269 g/mol. The highest BCUT2D eigenvalue weighted by atomic mass is 35.5. The van der Waals surface area contributed by atoms with Gasteiger partial charge in [0.05, 0.1) is 5.41 Å². The predicted molar refractivity (Wildman–Crippen MR) is 70.2 cm³/mol. The fourth-order valence-corrected chi connectivity index (χ4v) is 2.25. The Bertz CT molecular complexity index is 469. The van der Waals surface area contributed by atoms with Crippen LogP contribution in [0.15, 0.2) is 18.2 Å². The summed E-state index contributed by atoms with van der Waals surface area (Å²) in [5.41, 5.74) is -0.197. The number of amides is 1. The minimum absolute atomic E-state index is 0.0718. The van der Waals surface area contributed by atoms with Crippen molar-refractivity contribution in [1.82, 2.24) is 5.32 Å². The zero-order valence-corrected chi connectivity index (χ0v) is 11.4. The van der Waals surface area contributed by atoms with Crippen LogP contribution >= 0.6 is 11.6 Å². The highest BCUT2D eigenvalue weighted by Gasteiger charge is 2.52. The van der Waals surface area contributed by atoms with E-state index < -0.39 is 5.41 Å². The van der Waals surface area contributed by atoms with Crippen molar-refractivity contribution in [2.24, 2.45) is 5.92 Å². The van der Waals surface area contributed by atoms with Crippen LogP contribution in [0.4, 0.5) is 4.39 Å². The zero-order chi connectivity index (χ0) is 13.3. The first-order chi connectivity index (χ1) is 8.45. The van der Waals surface area contributed by atoms with Crippen LogP contribution in [0.5, 0.6) is 0 Å². The molecule has 0 heterocycles. The van der Waals surface area contributed by atoms with Crippen molar-refractivity contribution in [3.63, 3.8) is 0 Å². The molecule has 1 amide bonds. The summed E-state index contributed by atoms with van der Waals surface area (Å²) in [5, 5.41) is 3.24. The number of benzene rings is 1. The van der Waals surface area contributed by atoms with E-state index >= 15 is 0 Å². The molecule has 0 bridgehead atoms. The molecule has 18 heavy (non-hydrogen) atoms. The third-order valence-corrected chi connectivity index (χ3v) is 3.54. The molecule has 1 aliphatic rings. The van der Waals surface area contributed by atoms with Crippen LogP contribution in [-0.2, 0) is 10.2 Å². The number of hydrogen-bond acceptors (Lipinski definition) is 1. The first-order valence-corrected chi connectivity index (χ1v) is 6.57. The van der Waals surface area contributed by atoms with E-state index in [9.17, 15) is 9.18 Å². The van der Waals surface area contributed by atoms with Crippen LogP contribution in [0.2, 0.25) is 5.02 Å². The molecule has 0 atom stereocenters. The molecule has 4 heteroatoms. The second-order valence-corrected chi connectivity index (χ2v) is 5.75. The molecule has 0 saturated heterocycles. The standard InChI is InChI=1S/C14H17ClFNO/c1-9(2)8-17-13(18)14(5-6-14)11-4-3-10(15)7-12(11)16/h3-4,7,9H,5-6,8H2,1-2H3,(H,17,18). The Kier molecular flexibility index (Phi) is 3.62. The van der Waals surface area contributed by atoms with Gasteiger partial charge in [-0.1, -0.05) is 31.5 Å². The van der Waals surface area contributed by atoms with Crippen LogP contribution in [0, 0.1) is 11.7 Å². The summed E-state index contributed by atoms with van der Waals surface area (Å²) in [6.45, 7) is 4.68. The quantitative estimate of drug-likeness (QED) is 0.893. The largest absolute Gasteiger partial charge is 0.355 e. The van der Waals surface area contributed by atoms with Crippen LogP contribution in [0.3, 0.4) is 0 Å². The second kappa shape index (κ2) is 4.88. The smallest absolute Gasteiger partial charge is 0.230 e. The Morgan fingerprint density at radius 3 is 2.67 bits per heavy atom. The molecule has 0 aromatic heterocycles. The van der Waals surface area contributed by atoms with E-state index in [0.29, 0.717) is 35.9 Å². The summed E-state index contributed by atoms with van der Waals surface area (Å²) in [5.74, 6) is -0.0723. The molecule has 1 aromatic carbocycles. The van der Waals surface area contributed by atoms with Gasteiger partial charge in [0.15, 0.2) is 0 Å². The molecule has 0 radical (unpaired) electrons. The third-order valence-electron chi connectivity index (χ3n) is 3.30. The molecule has 0 aliphatic heterocycles. The highest BCUT2D eigenvalue weighted by Crippen LogP contribution is 2.49. The average Bonchev–Trinajstić information content (AvgIpc) is 3.07. The number of hydrogen-bond donors (Lipinski definition) is 1. The van der Waals surface area contributed by atoms with Crippen molar-refractivity contribution in [2.75, 3.05) is 6.54 Å². The molecule has 0 unspecified atom stereocenters. The molecular weight excluding hydrogens is 253 g/mol. The van der Waals surface area contributed by atoms with Gasteiger partial charge in [-0.05, 0) is 30.9 Å². The summed E-state index contributed by atoms with van der Waals surface area (Å²) in [4.78, 5) is 12.2. The highest BCUT2D eigenvalue weighted by molar-refractivity contribution is 6.30. The van der Waals surface area contributed by atoms with Gasteiger partial charge in [-0.3, -0.25) is 4.79 Å². The Balaban J connectivity index is 2.18. The molecule has 1 aromatic rings. The van der Waals surface area contributed by atoms with Crippen LogP contribution in [-0.4, -0.2) is 12.5 Å². The van der Waals surface area contributed by atoms with E-state index in [1.165, 1.54) is 6.07 Å². The summed E-state index contributed by atoms with van der Waals surface area (Å²) in [6, 6.07) is 4.53. The van der Waals surface area contributed by atoms with Crippen molar-refractivity contribution in [3.8, 4) is 0 Å². The molecule has 1 N–H and O–H groups in total. The first-order valence-electron chi connectivity index (χ1n) is 6.19. The lowest BCUT2D eigenvalue weighted by Gasteiger charge is -2.17. The van der Waals surface area contributed by atoms with E-state index in [0.717, 1.165) is 0 Å². The average molecular weight is 270 g/mol. The van der Waals surface area contributed by atoms with Crippen molar-refractivity contribution in [1.29, 1.82) is 0 Å². The molecular formula is C14H17ClFNO. The number of halogens is 2. The lowest BCUT2D eigenvalue weighted by molar-refractivity contribution is -0.123. The molecule has 1 aliphatic carbocycles.